The highest BCUT2D eigenvalue weighted by Crippen LogP contribution is 2.21. The van der Waals surface area contributed by atoms with Gasteiger partial charge in [-0.15, -0.1) is 0 Å². The van der Waals surface area contributed by atoms with E-state index in [0.717, 1.165) is 37.4 Å². The second-order valence-corrected chi connectivity index (χ2v) is 5.39. The number of pyridine rings is 1. The van der Waals surface area contributed by atoms with Gasteiger partial charge in [-0.2, -0.15) is 0 Å². The van der Waals surface area contributed by atoms with Crippen molar-refractivity contribution in [2.24, 2.45) is 0 Å². The molecule has 7 nitrogen and oxygen atoms in total. The molecule has 0 atom stereocenters. The molecule has 0 aliphatic carbocycles. The summed E-state index contributed by atoms with van der Waals surface area (Å²) in [5.41, 5.74) is 1.93. The van der Waals surface area contributed by atoms with Crippen LogP contribution in [0, 0.1) is 10.1 Å². The molecule has 1 aliphatic heterocycles. The number of benzene rings is 1. The van der Waals surface area contributed by atoms with Crippen LogP contribution >= 0.6 is 0 Å². The summed E-state index contributed by atoms with van der Waals surface area (Å²) < 4.78 is 5.35. The summed E-state index contributed by atoms with van der Waals surface area (Å²) in [6, 6.07) is 11.4. The number of anilines is 3. The first kappa shape index (κ1) is 15.2. The molecular weight excluding hydrogens is 296 g/mol. The fourth-order valence-electron chi connectivity index (χ4n) is 2.44. The number of nitro groups is 1. The molecule has 0 unspecified atom stereocenters. The first-order valence-corrected chi connectivity index (χ1v) is 7.52. The summed E-state index contributed by atoms with van der Waals surface area (Å²) in [6.07, 6.45) is 3.28. The van der Waals surface area contributed by atoms with E-state index in [2.05, 4.69) is 15.6 Å². The summed E-state index contributed by atoms with van der Waals surface area (Å²) in [5.74, 6) is 0.570. The Labute approximate surface area is 133 Å². The quantitative estimate of drug-likeness (QED) is 0.650. The van der Waals surface area contributed by atoms with Crippen molar-refractivity contribution >= 4 is 22.9 Å². The maximum Gasteiger partial charge on any atom is 0.287 e. The molecule has 2 N–H and O–H groups in total. The molecule has 0 saturated carbocycles. The highest BCUT2D eigenvalue weighted by atomic mass is 16.6. The Hall–Kier alpha value is -2.67. The molecule has 23 heavy (non-hydrogen) atoms. The van der Waals surface area contributed by atoms with Crippen molar-refractivity contribution in [3.05, 3.63) is 52.7 Å². The summed E-state index contributed by atoms with van der Waals surface area (Å²) in [4.78, 5) is 14.2. The second-order valence-electron chi connectivity index (χ2n) is 5.39. The molecule has 2 heterocycles. The molecule has 120 valence electrons. The maximum atomic E-state index is 10.6. The average molecular weight is 314 g/mol. The molecule has 7 heteroatoms. The molecule has 0 radical (unpaired) electrons. The summed E-state index contributed by atoms with van der Waals surface area (Å²) in [5, 5.41) is 17.2. The van der Waals surface area contributed by atoms with Gasteiger partial charge >= 0.3 is 0 Å². The van der Waals surface area contributed by atoms with Crippen LogP contribution in [0.2, 0.25) is 0 Å². The molecule has 1 aromatic heterocycles. The van der Waals surface area contributed by atoms with Gasteiger partial charge in [-0.1, -0.05) is 0 Å². The van der Waals surface area contributed by atoms with Gasteiger partial charge in [-0.3, -0.25) is 10.1 Å². The lowest BCUT2D eigenvalue weighted by Crippen LogP contribution is -2.27. The summed E-state index contributed by atoms with van der Waals surface area (Å²) >= 11 is 0. The van der Waals surface area contributed by atoms with Crippen LogP contribution in [-0.2, 0) is 4.74 Å². The van der Waals surface area contributed by atoms with Gasteiger partial charge in [-0.25, -0.2) is 4.98 Å². The van der Waals surface area contributed by atoms with Crippen LogP contribution < -0.4 is 10.6 Å². The minimum absolute atomic E-state index is 0.0217. The van der Waals surface area contributed by atoms with E-state index >= 15 is 0 Å². The molecule has 2 aromatic rings. The Morgan fingerprint density at radius 2 is 1.78 bits per heavy atom. The number of aromatic nitrogens is 1. The Balaban J connectivity index is 1.59. The predicted molar refractivity (Wildman–Crippen MR) is 88.1 cm³/mol. The zero-order valence-electron chi connectivity index (χ0n) is 12.6. The lowest BCUT2D eigenvalue weighted by molar-refractivity contribution is -0.385. The number of ether oxygens (including phenoxy) is 1. The van der Waals surface area contributed by atoms with Crippen LogP contribution in [0.3, 0.4) is 0 Å². The number of nitrogens with one attached hydrogen (secondary N) is 2. The van der Waals surface area contributed by atoms with Gasteiger partial charge in [0.05, 0.1) is 4.92 Å². The van der Waals surface area contributed by atoms with E-state index < -0.39 is 4.92 Å². The highest BCUT2D eigenvalue weighted by molar-refractivity contribution is 5.60. The van der Waals surface area contributed by atoms with Crippen LogP contribution in [0.1, 0.15) is 12.8 Å². The SMILES string of the molecule is O=[N+]([O-])c1ccc(Nc2ccc(NC3CCOCC3)cc2)nc1. The third-order valence-corrected chi connectivity index (χ3v) is 3.71. The topological polar surface area (TPSA) is 89.3 Å². The molecule has 0 amide bonds. The second kappa shape index (κ2) is 7.06. The van der Waals surface area contributed by atoms with Crippen molar-refractivity contribution in [3.63, 3.8) is 0 Å². The largest absolute Gasteiger partial charge is 0.382 e. The van der Waals surface area contributed by atoms with E-state index in [1.165, 1.54) is 12.3 Å². The lowest BCUT2D eigenvalue weighted by atomic mass is 10.1. The van der Waals surface area contributed by atoms with Crippen molar-refractivity contribution in [2.75, 3.05) is 23.8 Å². The molecule has 1 aliphatic rings. The van der Waals surface area contributed by atoms with Crippen molar-refractivity contribution in [2.45, 2.75) is 18.9 Å². The van der Waals surface area contributed by atoms with Crippen molar-refractivity contribution in [1.82, 2.24) is 4.98 Å². The maximum absolute atomic E-state index is 10.6. The van der Waals surface area contributed by atoms with Crippen LogP contribution in [0.15, 0.2) is 42.6 Å². The Morgan fingerprint density at radius 1 is 1.09 bits per heavy atom. The lowest BCUT2D eigenvalue weighted by Gasteiger charge is -2.24. The van der Waals surface area contributed by atoms with Gasteiger partial charge in [0, 0.05) is 36.7 Å². The van der Waals surface area contributed by atoms with Crippen LogP contribution in [0.5, 0.6) is 0 Å². The number of hydrogen-bond donors (Lipinski definition) is 2. The fraction of sp³-hybridized carbons (Fsp3) is 0.312. The summed E-state index contributed by atoms with van der Waals surface area (Å²) in [7, 11) is 0. The van der Waals surface area contributed by atoms with Crippen LogP contribution in [0.4, 0.5) is 22.9 Å². The van der Waals surface area contributed by atoms with Crippen molar-refractivity contribution in [3.8, 4) is 0 Å². The van der Waals surface area contributed by atoms with E-state index in [1.54, 1.807) is 6.07 Å². The number of rotatable bonds is 5. The molecule has 3 rings (SSSR count). The molecule has 0 bridgehead atoms. The monoisotopic (exact) mass is 314 g/mol. The smallest absolute Gasteiger partial charge is 0.287 e. The Morgan fingerprint density at radius 3 is 2.39 bits per heavy atom. The summed E-state index contributed by atoms with van der Waals surface area (Å²) in [6.45, 7) is 1.62. The van der Waals surface area contributed by atoms with E-state index in [1.807, 2.05) is 24.3 Å². The third kappa shape index (κ3) is 4.17. The zero-order chi connectivity index (χ0) is 16.1. The van der Waals surface area contributed by atoms with Gasteiger partial charge < -0.3 is 15.4 Å². The normalized spacial score (nSPS) is 15.1. The zero-order valence-corrected chi connectivity index (χ0v) is 12.6. The minimum Gasteiger partial charge on any atom is -0.382 e. The van der Waals surface area contributed by atoms with Gasteiger partial charge in [0.25, 0.3) is 5.69 Å². The van der Waals surface area contributed by atoms with Crippen LogP contribution in [0.25, 0.3) is 0 Å². The van der Waals surface area contributed by atoms with Crippen LogP contribution in [-0.4, -0.2) is 29.2 Å². The van der Waals surface area contributed by atoms with E-state index in [0.29, 0.717) is 11.9 Å². The molecular formula is C16H18N4O3. The van der Waals surface area contributed by atoms with Gasteiger partial charge in [0.1, 0.15) is 12.0 Å². The Bertz CT molecular complexity index is 652. The standard InChI is InChI=1S/C16H18N4O3/c21-20(22)15-5-6-16(17-11-15)19-13-3-1-12(2-4-13)18-14-7-9-23-10-8-14/h1-6,11,14,18H,7-10H2,(H,17,19). The molecule has 0 spiro atoms. The predicted octanol–water partition coefficient (Wildman–Crippen LogP) is 3.32. The van der Waals surface area contributed by atoms with Crippen molar-refractivity contribution < 1.29 is 9.66 Å². The third-order valence-electron chi connectivity index (χ3n) is 3.71. The Kier molecular flexibility index (Phi) is 4.68. The highest BCUT2D eigenvalue weighted by Gasteiger charge is 2.13. The first-order chi connectivity index (χ1) is 11.2. The minimum atomic E-state index is -0.465. The first-order valence-electron chi connectivity index (χ1n) is 7.52. The molecule has 1 saturated heterocycles. The van der Waals surface area contributed by atoms with E-state index in [9.17, 15) is 10.1 Å². The molecule has 1 aromatic carbocycles. The van der Waals surface area contributed by atoms with E-state index in [4.69, 9.17) is 4.74 Å². The fourth-order valence-corrected chi connectivity index (χ4v) is 2.44. The van der Waals surface area contributed by atoms with Gasteiger partial charge in [-0.05, 0) is 43.2 Å². The number of nitrogens with zero attached hydrogens (tertiary/aromatic N) is 2. The van der Waals surface area contributed by atoms with Gasteiger partial charge in [0.15, 0.2) is 0 Å². The molecule has 1 fully saturated rings. The number of hydrogen-bond acceptors (Lipinski definition) is 6. The van der Waals surface area contributed by atoms with Crippen molar-refractivity contribution in [1.29, 1.82) is 0 Å². The van der Waals surface area contributed by atoms with Gasteiger partial charge in [0.2, 0.25) is 0 Å². The average Bonchev–Trinajstić information content (AvgIpc) is 2.58. The van der Waals surface area contributed by atoms with E-state index in [-0.39, 0.29) is 5.69 Å².